The Morgan fingerprint density at radius 2 is 1.63 bits per heavy atom. The summed E-state index contributed by atoms with van der Waals surface area (Å²) in [5.74, 6) is 0. The first kappa shape index (κ1) is 21.6. The number of carbonyl (C=O) groups is 1. The zero-order valence-electron chi connectivity index (χ0n) is 15.8. The van der Waals surface area contributed by atoms with Crippen LogP contribution in [0.5, 0.6) is 0 Å². The zero-order valence-corrected chi connectivity index (χ0v) is 17.4. The van der Waals surface area contributed by atoms with Crippen LogP contribution in [-0.4, -0.2) is 14.5 Å². The first-order chi connectivity index (χ1) is 14.4. The van der Waals surface area contributed by atoms with E-state index in [1.165, 1.54) is 30.3 Å². The number of rotatable bonds is 7. The van der Waals surface area contributed by atoms with Gasteiger partial charge in [0.2, 0.25) is 0 Å². The van der Waals surface area contributed by atoms with Crippen LogP contribution in [0.3, 0.4) is 0 Å². The Morgan fingerprint density at radius 3 is 2.37 bits per heavy atom. The van der Waals surface area contributed by atoms with Crippen molar-refractivity contribution in [3.63, 3.8) is 0 Å². The van der Waals surface area contributed by atoms with Crippen LogP contribution in [0.1, 0.15) is 11.1 Å². The summed E-state index contributed by atoms with van der Waals surface area (Å²) in [6.45, 7) is 0.323. The number of hydrogen-bond acceptors (Lipinski definition) is 5. The molecule has 1 amide bonds. The molecule has 30 heavy (non-hydrogen) atoms. The molecule has 9 heteroatoms. The maximum absolute atomic E-state index is 12.7. The molecule has 0 radical (unpaired) electrons. The molecule has 156 valence electrons. The van der Waals surface area contributed by atoms with Crippen molar-refractivity contribution in [3.8, 4) is 0 Å². The van der Waals surface area contributed by atoms with Gasteiger partial charge in [-0.3, -0.25) is 10.0 Å². The highest BCUT2D eigenvalue weighted by Gasteiger charge is 2.16. The smallest absolute Gasteiger partial charge is 0.411 e. The topological polar surface area (TPSA) is 111 Å². The summed E-state index contributed by atoms with van der Waals surface area (Å²) < 4.78 is 33.0. The lowest BCUT2D eigenvalue weighted by molar-refractivity contribution is 0.155. The molecule has 0 unspecified atom stereocenters. The third kappa shape index (κ3) is 5.96. The molecule has 0 bridgehead atoms. The molecule has 0 saturated heterocycles. The van der Waals surface area contributed by atoms with Crippen molar-refractivity contribution in [2.24, 2.45) is 5.73 Å². The summed E-state index contributed by atoms with van der Waals surface area (Å²) in [7, 11) is -3.86. The van der Waals surface area contributed by atoms with Gasteiger partial charge < -0.3 is 10.5 Å². The van der Waals surface area contributed by atoms with E-state index in [1.807, 2.05) is 30.3 Å². The van der Waals surface area contributed by atoms with Gasteiger partial charge >= 0.3 is 6.09 Å². The normalized spacial score (nSPS) is 11.0. The third-order valence-electron chi connectivity index (χ3n) is 4.05. The quantitative estimate of drug-likeness (QED) is 0.500. The van der Waals surface area contributed by atoms with Crippen LogP contribution < -0.4 is 15.8 Å². The minimum atomic E-state index is -3.86. The Kier molecular flexibility index (Phi) is 6.94. The number of benzene rings is 3. The van der Waals surface area contributed by atoms with Gasteiger partial charge in [0.1, 0.15) is 6.61 Å². The number of ether oxygens (including phenoxy) is 1. The Hall–Kier alpha value is -3.07. The van der Waals surface area contributed by atoms with E-state index in [-0.39, 0.29) is 34.4 Å². The molecule has 3 aromatic carbocycles. The number of carbonyl (C=O) groups excluding carboxylic acids is 1. The monoisotopic (exact) mass is 445 g/mol. The molecule has 4 N–H and O–H groups in total. The van der Waals surface area contributed by atoms with E-state index < -0.39 is 16.1 Å². The summed E-state index contributed by atoms with van der Waals surface area (Å²) in [6, 6.07) is 19.9. The molecule has 0 aromatic heterocycles. The highest BCUT2D eigenvalue weighted by Crippen LogP contribution is 2.25. The van der Waals surface area contributed by atoms with Gasteiger partial charge in [-0.15, -0.1) is 0 Å². The van der Waals surface area contributed by atoms with Gasteiger partial charge in [-0.2, -0.15) is 0 Å². The largest absolute Gasteiger partial charge is 0.444 e. The van der Waals surface area contributed by atoms with Crippen molar-refractivity contribution in [3.05, 3.63) is 88.9 Å². The van der Waals surface area contributed by atoms with Crippen molar-refractivity contribution < 1.29 is 17.9 Å². The maximum atomic E-state index is 12.7. The second-order valence-electron chi connectivity index (χ2n) is 6.37. The van der Waals surface area contributed by atoms with Crippen molar-refractivity contribution >= 4 is 39.1 Å². The lowest BCUT2D eigenvalue weighted by atomic mass is 10.2. The van der Waals surface area contributed by atoms with E-state index in [4.69, 9.17) is 22.1 Å². The molecule has 0 saturated carbocycles. The lowest BCUT2D eigenvalue weighted by Crippen LogP contribution is -2.15. The second-order valence-corrected chi connectivity index (χ2v) is 8.49. The Balaban J connectivity index is 1.70. The van der Waals surface area contributed by atoms with Crippen molar-refractivity contribution in [1.82, 2.24) is 0 Å². The van der Waals surface area contributed by atoms with Gasteiger partial charge in [-0.1, -0.05) is 54.1 Å². The first-order valence-electron chi connectivity index (χ1n) is 8.96. The molecular formula is C21H20ClN3O4S. The summed E-state index contributed by atoms with van der Waals surface area (Å²) >= 11 is 6.09. The van der Waals surface area contributed by atoms with Crippen LogP contribution in [-0.2, 0) is 27.9 Å². The molecule has 3 aromatic rings. The van der Waals surface area contributed by atoms with Crippen molar-refractivity contribution in [2.75, 3.05) is 10.0 Å². The Bertz CT molecular complexity index is 1140. The van der Waals surface area contributed by atoms with E-state index >= 15 is 0 Å². The molecule has 3 rings (SSSR count). The van der Waals surface area contributed by atoms with Gasteiger partial charge in [-0.25, -0.2) is 13.2 Å². The van der Waals surface area contributed by atoms with E-state index in [9.17, 15) is 13.2 Å². The minimum absolute atomic E-state index is 0.0715. The highest BCUT2D eigenvalue weighted by atomic mass is 35.5. The fourth-order valence-corrected chi connectivity index (χ4v) is 4.00. The average molecular weight is 446 g/mol. The third-order valence-corrected chi connectivity index (χ3v) is 5.65. The van der Waals surface area contributed by atoms with Gasteiger partial charge in [0.15, 0.2) is 0 Å². The fourth-order valence-electron chi connectivity index (χ4n) is 2.65. The van der Waals surface area contributed by atoms with Gasteiger partial charge in [-0.05, 0) is 41.5 Å². The van der Waals surface area contributed by atoms with Gasteiger partial charge in [0.05, 0.1) is 10.6 Å². The van der Waals surface area contributed by atoms with E-state index in [0.717, 1.165) is 5.56 Å². The zero-order chi connectivity index (χ0) is 21.6. The molecule has 0 heterocycles. The number of amides is 1. The molecule has 7 nitrogen and oxygen atoms in total. The standard InChI is InChI=1S/C21H20ClN3O4S/c22-17-10-18(24-21(26)29-14-15-5-2-1-3-6-15)12-19(11-17)25-30(27,28)20-8-4-7-16(9-20)13-23/h1-12,25H,13-14,23H2,(H,24,26). The molecule has 0 aliphatic heterocycles. The van der Waals surface area contributed by atoms with Crippen LogP contribution in [0.25, 0.3) is 0 Å². The molecule has 0 aliphatic carbocycles. The van der Waals surface area contributed by atoms with E-state index in [0.29, 0.717) is 5.56 Å². The average Bonchev–Trinajstić information content (AvgIpc) is 2.72. The van der Waals surface area contributed by atoms with Crippen LogP contribution >= 0.6 is 11.6 Å². The minimum Gasteiger partial charge on any atom is -0.444 e. The molecule has 0 aliphatic rings. The number of nitrogens with one attached hydrogen (secondary N) is 2. The first-order valence-corrected chi connectivity index (χ1v) is 10.8. The van der Waals surface area contributed by atoms with Crippen LogP contribution in [0.15, 0.2) is 77.7 Å². The van der Waals surface area contributed by atoms with Crippen LogP contribution in [0, 0.1) is 0 Å². The predicted octanol–water partition coefficient (Wildman–Crippen LogP) is 4.35. The molecule has 0 atom stereocenters. The fraction of sp³-hybridized carbons (Fsp3) is 0.0952. The number of halogens is 1. The number of nitrogens with two attached hydrogens (primary N) is 1. The van der Waals surface area contributed by atoms with Crippen molar-refractivity contribution in [1.29, 1.82) is 0 Å². The highest BCUT2D eigenvalue weighted by molar-refractivity contribution is 7.92. The summed E-state index contributed by atoms with van der Waals surface area (Å²) in [5, 5.41) is 2.78. The molecule has 0 fully saturated rings. The predicted molar refractivity (Wildman–Crippen MR) is 117 cm³/mol. The van der Waals surface area contributed by atoms with Gasteiger partial charge in [0, 0.05) is 17.3 Å². The summed E-state index contributed by atoms with van der Waals surface area (Å²) in [6.07, 6.45) is -0.689. The summed E-state index contributed by atoms with van der Waals surface area (Å²) in [5.41, 5.74) is 7.58. The Morgan fingerprint density at radius 1 is 0.933 bits per heavy atom. The van der Waals surface area contributed by atoms with Gasteiger partial charge in [0.25, 0.3) is 10.0 Å². The molecular weight excluding hydrogens is 426 g/mol. The number of hydrogen-bond donors (Lipinski definition) is 3. The Labute approximate surface area is 179 Å². The summed E-state index contributed by atoms with van der Waals surface area (Å²) in [4.78, 5) is 12.1. The van der Waals surface area contributed by atoms with Crippen LogP contribution in [0.4, 0.5) is 16.2 Å². The SMILES string of the molecule is NCc1cccc(S(=O)(=O)Nc2cc(Cl)cc(NC(=O)OCc3ccccc3)c2)c1. The van der Waals surface area contributed by atoms with Crippen molar-refractivity contribution in [2.45, 2.75) is 18.0 Å². The number of sulfonamides is 1. The van der Waals surface area contributed by atoms with E-state index in [1.54, 1.807) is 12.1 Å². The second kappa shape index (κ2) is 9.62. The number of anilines is 2. The maximum Gasteiger partial charge on any atom is 0.411 e. The van der Waals surface area contributed by atoms with E-state index in [2.05, 4.69) is 10.0 Å². The van der Waals surface area contributed by atoms with Crippen LogP contribution in [0.2, 0.25) is 5.02 Å². The lowest BCUT2D eigenvalue weighted by Gasteiger charge is -2.12. The molecule has 0 spiro atoms.